The first-order valence-corrected chi connectivity index (χ1v) is 17.7. The van der Waals surface area contributed by atoms with Crippen LogP contribution in [0.25, 0.3) is 24.6 Å². The quantitative estimate of drug-likeness (QED) is 0.121. The molecule has 0 aromatic rings. The van der Waals surface area contributed by atoms with Crippen LogP contribution in [-0.2, 0) is 19.5 Å². The monoisotopic (exact) mass is 717 g/mol. The van der Waals surface area contributed by atoms with Gasteiger partial charge in [0.1, 0.15) is 0 Å². The van der Waals surface area contributed by atoms with Gasteiger partial charge in [0.2, 0.25) is 0 Å². The van der Waals surface area contributed by atoms with E-state index in [1.807, 2.05) is 0 Å². The van der Waals surface area contributed by atoms with Crippen LogP contribution in [0.4, 0.5) is 0 Å². The first-order valence-electron chi connectivity index (χ1n) is 17.7. The molecule has 0 spiro atoms. The summed E-state index contributed by atoms with van der Waals surface area (Å²) in [7, 11) is 0. The Bertz CT molecular complexity index is 725. The molecule has 9 rings (SSSR count). The number of hydrogen-bond acceptors (Lipinski definition) is 8. The maximum atomic E-state index is 4.25. The second-order valence-electron chi connectivity index (χ2n) is 15.4. The van der Waals surface area contributed by atoms with Crippen LogP contribution in [0.5, 0.6) is 0 Å². The molecule has 5 saturated heterocycles. The molecule has 5 aliphatic heterocycles. The van der Waals surface area contributed by atoms with Gasteiger partial charge in [-0.2, -0.15) is 6.42 Å². The van der Waals surface area contributed by atoms with Gasteiger partial charge in [0.25, 0.3) is 0 Å². The van der Waals surface area contributed by atoms with E-state index in [1.54, 1.807) is 0 Å². The van der Waals surface area contributed by atoms with Gasteiger partial charge in [0, 0.05) is 6.17 Å². The van der Waals surface area contributed by atoms with E-state index < -0.39 is 0 Å². The Labute approximate surface area is 285 Å². The van der Waals surface area contributed by atoms with E-state index in [0.717, 1.165) is 35.5 Å². The normalized spacial score (nSPS) is 51.2. The number of rotatable bonds is 0. The molecule has 16 unspecified atom stereocenters. The summed E-state index contributed by atoms with van der Waals surface area (Å²) in [6.45, 7) is 0. The molecule has 8 bridgehead atoms. The molecule has 9 aliphatic rings. The molecular weight excluding hydrogens is 654 g/mol. The van der Waals surface area contributed by atoms with Crippen LogP contribution < -0.4 is 42.5 Å². The molecule has 45 heavy (non-hydrogen) atoms. The molecule has 4 saturated carbocycles. The summed E-state index contributed by atoms with van der Waals surface area (Å²) in [4.78, 5) is 0. The number of nitrogens with one attached hydrogen (secondary N) is 8. The number of nitrogens with two attached hydrogens (primary N) is 4. The average Bonchev–Trinajstić information content (AvgIpc) is 3.73. The van der Waals surface area contributed by atoms with Gasteiger partial charge >= 0.3 is 19.5 Å². The Morgan fingerprint density at radius 2 is 0.556 bits per heavy atom. The molecule has 259 valence electrons. The van der Waals surface area contributed by atoms with Gasteiger partial charge < -0.3 is 31.0 Å². The SMILES string of the molecule is [CH-]1CCCC2C3NC(NC4NC(NC5NC(NC6NC(N3)C3CCCCC63)C3CCCCC53)C3CCCCC43)C12.[NH2-].[NH2-].[NH2-].[NH2-].[Ru+5]. The number of hydrogen-bond donors (Lipinski definition) is 8. The van der Waals surface area contributed by atoms with Gasteiger partial charge in [-0.15, -0.1) is 5.92 Å². The molecule has 0 aromatic carbocycles. The summed E-state index contributed by atoms with van der Waals surface area (Å²) in [5, 5.41) is 33.7. The van der Waals surface area contributed by atoms with Crippen molar-refractivity contribution >= 4 is 0 Å². The zero-order valence-corrected chi connectivity index (χ0v) is 28.8. The van der Waals surface area contributed by atoms with Gasteiger partial charge in [-0.05, 0) is 80.0 Å². The van der Waals surface area contributed by atoms with Crippen LogP contribution >= 0.6 is 0 Å². The van der Waals surface area contributed by atoms with Gasteiger partial charge in [-0.25, -0.2) is 0 Å². The molecule has 9 fully saturated rings. The van der Waals surface area contributed by atoms with E-state index >= 15 is 0 Å². The van der Waals surface area contributed by atoms with Crippen LogP contribution in [-0.4, -0.2) is 49.3 Å². The van der Waals surface area contributed by atoms with E-state index in [2.05, 4.69) is 49.0 Å². The van der Waals surface area contributed by atoms with Gasteiger partial charge in [-0.1, -0.05) is 51.4 Å². The Balaban J connectivity index is 0.000000922. The molecule has 16 N–H and O–H groups in total. The van der Waals surface area contributed by atoms with Crippen molar-refractivity contribution in [1.29, 1.82) is 0 Å². The van der Waals surface area contributed by atoms with E-state index in [9.17, 15) is 0 Å². The number of fused-ring (bicyclic) bond motifs is 20. The second kappa shape index (κ2) is 15.8. The van der Waals surface area contributed by atoms with E-state index in [0.29, 0.717) is 61.2 Å². The summed E-state index contributed by atoms with van der Waals surface area (Å²) in [5.41, 5.74) is 0. The van der Waals surface area contributed by atoms with Crippen molar-refractivity contribution in [3.05, 3.63) is 31.0 Å². The summed E-state index contributed by atoms with van der Waals surface area (Å²) in [6.07, 6.45) is 26.4. The summed E-state index contributed by atoms with van der Waals surface area (Å²) in [6, 6.07) is 0. The maximum absolute atomic E-state index is 4.25. The van der Waals surface area contributed by atoms with Gasteiger partial charge in [0.15, 0.2) is 0 Å². The van der Waals surface area contributed by atoms with Gasteiger partial charge in [-0.3, -0.25) is 42.5 Å². The Morgan fingerprint density at radius 3 is 0.867 bits per heavy atom. The molecule has 0 amide bonds. The van der Waals surface area contributed by atoms with Crippen molar-refractivity contribution in [3.8, 4) is 0 Å². The minimum atomic E-state index is 0. The third kappa shape index (κ3) is 6.70. The zero-order chi connectivity index (χ0) is 26.2. The standard InChI is InChI=1S/C32H55N8.4H2N.Ru/c1-2-10-18-17(9-1)25-33-26(18)38-28-21-13-5-6-14-22(21)30(35-28)40-32-24-16-8-7-15-23(24)31(36-32)39-29-20-12-4-3-11-19(20)27(34-29)37-25;;;;;/h9,17-40H,1-8,10-16H2;4*1H2;/q5*-1;+5. The fraction of sp³-hybridized carbons (Fsp3) is 0.969. The predicted octanol–water partition coefficient (Wildman–Crippen LogP) is 5.29. The molecule has 0 aromatic heterocycles. The van der Waals surface area contributed by atoms with Crippen LogP contribution in [0.1, 0.15) is 96.3 Å². The minimum Gasteiger partial charge on any atom is -0.693 e. The summed E-state index contributed by atoms with van der Waals surface area (Å²) >= 11 is 0. The summed E-state index contributed by atoms with van der Waals surface area (Å²) in [5.74, 6) is 5.74. The molecule has 13 heteroatoms. The van der Waals surface area contributed by atoms with Crippen LogP contribution in [0, 0.1) is 53.8 Å². The second-order valence-corrected chi connectivity index (χ2v) is 15.4. The van der Waals surface area contributed by atoms with Crippen molar-refractivity contribution in [2.45, 2.75) is 146 Å². The predicted molar refractivity (Wildman–Crippen MR) is 178 cm³/mol. The fourth-order valence-corrected chi connectivity index (χ4v) is 11.7. The molecule has 12 nitrogen and oxygen atoms in total. The molecular formula is C32H63N12Ru. The molecule has 4 aliphatic carbocycles. The van der Waals surface area contributed by atoms with Crippen LogP contribution in [0.2, 0.25) is 0 Å². The van der Waals surface area contributed by atoms with Crippen molar-refractivity contribution in [3.63, 3.8) is 0 Å². The maximum Gasteiger partial charge on any atom is 5.00 e. The largest absolute Gasteiger partial charge is 5.00 e. The molecule has 5 heterocycles. The first kappa shape index (κ1) is 38.0. The van der Waals surface area contributed by atoms with Crippen molar-refractivity contribution in [2.75, 3.05) is 0 Å². The Hall–Kier alpha value is 0.143. The van der Waals surface area contributed by atoms with Crippen LogP contribution in [0.15, 0.2) is 0 Å². The van der Waals surface area contributed by atoms with E-state index in [4.69, 9.17) is 0 Å². The van der Waals surface area contributed by atoms with E-state index in [-0.39, 0.29) is 44.1 Å². The van der Waals surface area contributed by atoms with Crippen LogP contribution in [0.3, 0.4) is 0 Å². The Morgan fingerprint density at radius 1 is 0.311 bits per heavy atom. The smallest absolute Gasteiger partial charge is 0.693 e. The van der Waals surface area contributed by atoms with Crippen molar-refractivity contribution < 1.29 is 19.5 Å². The van der Waals surface area contributed by atoms with Gasteiger partial charge in [0.05, 0.1) is 43.2 Å². The molecule has 16 atom stereocenters. The third-order valence-corrected chi connectivity index (χ3v) is 13.6. The van der Waals surface area contributed by atoms with E-state index in [1.165, 1.54) is 96.3 Å². The average molecular weight is 717 g/mol. The summed E-state index contributed by atoms with van der Waals surface area (Å²) < 4.78 is 0. The topological polar surface area (TPSA) is 230 Å². The van der Waals surface area contributed by atoms with Crippen molar-refractivity contribution in [2.24, 2.45) is 47.3 Å². The minimum absolute atomic E-state index is 0. The zero-order valence-electron chi connectivity index (χ0n) is 27.1. The molecule has 1 radical (unpaired) electrons. The first-order chi connectivity index (χ1) is 19.8. The van der Waals surface area contributed by atoms with Crippen molar-refractivity contribution in [1.82, 2.24) is 42.5 Å². The third-order valence-electron chi connectivity index (χ3n) is 13.6. The fourth-order valence-electron chi connectivity index (χ4n) is 11.7. The Kier molecular flexibility index (Phi) is 13.3.